The van der Waals surface area contributed by atoms with Gasteiger partial charge in [0.25, 0.3) is 0 Å². The Hall–Kier alpha value is -2.21. The second-order valence-electron chi connectivity index (χ2n) is 9.02. The molecule has 27 heavy (non-hydrogen) atoms. The van der Waals surface area contributed by atoms with Gasteiger partial charge >= 0.3 is 11.9 Å². The number of fused-ring (bicyclic) bond motifs is 1. The quantitative estimate of drug-likeness (QED) is 0.714. The van der Waals surface area contributed by atoms with E-state index in [1.807, 2.05) is 29.2 Å². The summed E-state index contributed by atoms with van der Waals surface area (Å²) in [6.07, 6.45) is 1.16. The summed E-state index contributed by atoms with van der Waals surface area (Å²) in [6, 6.07) is 7.67. The lowest BCUT2D eigenvalue weighted by Gasteiger charge is -2.20. The number of carbonyl (C=O) groups excluding carboxylic acids is 1. The van der Waals surface area contributed by atoms with Crippen LogP contribution in [-0.4, -0.2) is 52.5 Å². The van der Waals surface area contributed by atoms with E-state index < -0.39 is 22.8 Å². The normalized spacial score (nSPS) is 27.2. The van der Waals surface area contributed by atoms with Gasteiger partial charge in [-0.1, -0.05) is 45.0 Å². The van der Waals surface area contributed by atoms with Crippen LogP contribution < -0.4 is 0 Å². The third-order valence-corrected chi connectivity index (χ3v) is 6.15. The molecule has 3 rings (SSSR count). The summed E-state index contributed by atoms with van der Waals surface area (Å²) in [4.78, 5) is 37.3. The zero-order valence-electron chi connectivity index (χ0n) is 16.1. The molecular weight excluding hydrogens is 346 g/mol. The largest absolute Gasteiger partial charge is 0.481 e. The third-order valence-electron chi connectivity index (χ3n) is 6.15. The molecule has 0 radical (unpaired) electrons. The first-order valence-corrected chi connectivity index (χ1v) is 9.35. The molecule has 1 saturated carbocycles. The molecule has 2 atom stereocenters. The van der Waals surface area contributed by atoms with Crippen molar-refractivity contribution < 1.29 is 24.6 Å². The van der Waals surface area contributed by atoms with Crippen LogP contribution in [0, 0.1) is 10.8 Å². The highest BCUT2D eigenvalue weighted by atomic mass is 16.4. The Balaban J connectivity index is 1.53. The number of rotatable bonds is 7. The number of carboxylic acids is 2. The molecule has 1 heterocycles. The average molecular weight is 373 g/mol. The fraction of sp³-hybridized carbons (Fsp3) is 0.571. The van der Waals surface area contributed by atoms with Crippen molar-refractivity contribution in [3.63, 3.8) is 0 Å². The molecule has 0 amide bonds. The fourth-order valence-corrected chi connectivity index (χ4v) is 4.32. The molecule has 1 aromatic carbocycles. The van der Waals surface area contributed by atoms with E-state index in [0.717, 1.165) is 0 Å². The number of Topliss-reactive ketones (excluding diaryl/α,β-unsaturated/α-hetero) is 1. The van der Waals surface area contributed by atoms with Crippen molar-refractivity contribution in [2.45, 2.75) is 45.4 Å². The maximum absolute atomic E-state index is 12.4. The molecule has 0 aromatic heterocycles. The second kappa shape index (κ2) is 6.44. The molecule has 1 aromatic rings. The van der Waals surface area contributed by atoms with Crippen LogP contribution in [0.3, 0.4) is 0 Å². The SMILES string of the molecule is CC(C)(C)c1ccc(C(=O)CCCN2C[C@@]3(C(=O)O)C[C@@]3(C(=O)O)C2)cc1. The van der Waals surface area contributed by atoms with Crippen LogP contribution in [0.4, 0.5) is 0 Å². The van der Waals surface area contributed by atoms with E-state index in [9.17, 15) is 24.6 Å². The van der Waals surface area contributed by atoms with Crippen LogP contribution in [0.1, 0.15) is 56.0 Å². The first kappa shape index (κ1) is 19.5. The van der Waals surface area contributed by atoms with Crippen LogP contribution in [0.2, 0.25) is 0 Å². The van der Waals surface area contributed by atoms with Crippen molar-refractivity contribution in [1.29, 1.82) is 0 Å². The highest BCUT2D eigenvalue weighted by Crippen LogP contribution is 2.68. The topological polar surface area (TPSA) is 94.9 Å². The number of benzene rings is 1. The van der Waals surface area contributed by atoms with Crippen LogP contribution in [-0.2, 0) is 15.0 Å². The van der Waals surface area contributed by atoms with E-state index in [1.54, 1.807) is 0 Å². The lowest BCUT2D eigenvalue weighted by atomic mass is 9.86. The Morgan fingerprint density at radius 2 is 1.52 bits per heavy atom. The molecule has 2 N–H and O–H groups in total. The number of aliphatic carboxylic acids is 2. The number of carboxylic acid groups (broad SMARTS) is 2. The molecule has 0 bridgehead atoms. The zero-order chi connectivity index (χ0) is 20.0. The van der Waals surface area contributed by atoms with E-state index in [0.29, 0.717) is 24.9 Å². The molecule has 146 valence electrons. The lowest BCUT2D eigenvalue weighted by molar-refractivity contribution is -0.151. The lowest BCUT2D eigenvalue weighted by Crippen LogP contribution is -2.29. The Labute approximate surface area is 159 Å². The maximum Gasteiger partial charge on any atom is 0.312 e. The van der Waals surface area contributed by atoms with Crippen molar-refractivity contribution in [2.24, 2.45) is 10.8 Å². The molecule has 0 unspecified atom stereocenters. The first-order valence-electron chi connectivity index (χ1n) is 9.35. The Bertz CT molecular complexity index is 751. The van der Waals surface area contributed by atoms with Crippen molar-refractivity contribution in [1.82, 2.24) is 4.90 Å². The molecule has 2 aliphatic rings. The second-order valence-corrected chi connectivity index (χ2v) is 9.02. The summed E-state index contributed by atoms with van der Waals surface area (Å²) in [5.41, 5.74) is -0.403. The van der Waals surface area contributed by atoms with Gasteiger partial charge in [-0.25, -0.2) is 0 Å². The van der Waals surface area contributed by atoms with Crippen LogP contribution in [0.5, 0.6) is 0 Å². The van der Waals surface area contributed by atoms with Gasteiger partial charge in [-0.15, -0.1) is 0 Å². The molecule has 6 heteroatoms. The molecule has 6 nitrogen and oxygen atoms in total. The molecule has 2 fully saturated rings. The van der Waals surface area contributed by atoms with Gasteiger partial charge in [0.05, 0.1) is 10.8 Å². The number of likely N-dealkylation sites (tertiary alicyclic amines) is 1. The minimum Gasteiger partial charge on any atom is -0.481 e. The van der Waals surface area contributed by atoms with Crippen molar-refractivity contribution in [3.8, 4) is 0 Å². The fourth-order valence-electron chi connectivity index (χ4n) is 4.32. The summed E-state index contributed by atoms with van der Waals surface area (Å²) in [6.45, 7) is 7.41. The van der Waals surface area contributed by atoms with E-state index >= 15 is 0 Å². The van der Waals surface area contributed by atoms with Gasteiger partial charge in [0.15, 0.2) is 5.78 Å². The number of hydrogen-bond acceptors (Lipinski definition) is 4. The van der Waals surface area contributed by atoms with E-state index in [4.69, 9.17) is 0 Å². The van der Waals surface area contributed by atoms with Gasteiger partial charge in [-0.3, -0.25) is 14.4 Å². The summed E-state index contributed by atoms with van der Waals surface area (Å²) < 4.78 is 0. The minimum absolute atomic E-state index is 0.0400. The number of piperidine rings is 1. The minimum atomic E-state index is -1.15. The van der Waals surface area contributed by atoms with Gasteiger partial charge in [0.1, 0.15) is 0 Å². The van der Waals surface area contributed by atoms with Crippen LogP contribution in [0.25, 0.3) is 0 Å². The molecule has 1 saturated heterocycles. The highest BCUT2D eigenvalue weighted by Gasteiger charge is 2.80. The van der Waals surface area contributed by atoms with Crippen LogP contribution >= 0.6 is 0 Å². The maximum atomic E-state index is 12.4. The summed E-state index contributed by atoms with van der Waals surface area (Å²) in [5.74, 6) is -1.99. The monoisotopic (exact) mass is 373 g/mol. The highest BCUT2D eigenvalue weighted by molar-refractivity contribution is 5.96. The Morgan fingerprint density at radius 3 is 1.96 bits per heavy atom. The number of hydrogen-bond donors (Lipinski definition) is 2. The van der Waals surface area contributed by atoms with E-state index in [1.165, 1.54) is 5.56 Å². The number of carbonyl (C=O) groups is 3. The van der Waals surface area contributed by atoms with Crippen molar-refractivity contribution >= 4 is 17.7 Å². The number of ketones is 1. The predicted molar refractivity (Wildman–Crippen MR) is 99.9 cm³/mol. The molecule has 1 aliphatic heterocycles. The molecule has 0 spiro atoms. The smallest absolute Gasteiger partial charge is 0.312 e. The Morgan fingerprint density at radius 1 is 1.00 bits per heavy atom. The van der Waals surface area contributed by atoms with Crippen LogP contribution in [0.15, 0.2) is 24.3 Å². The van der Waals surface area contributed by atoms with Crippen molar-refractivity contribution in [3.05, 3.63) is 35.4 Å². The standard InChI is InChI=1S/C21H27NO5/c1-19(2,3)15-8-6-14(7-9-15)16(23)5-4-10-22-12-20(17(24)25)11-21(20,13-22)18(26)27/h6-9H,4-5,10-13H2,1-3H3,(H,24,25)(H,26,27)/t20-,21+. The summed E-state index contributed by atoms with van der Waals surface area (Å²) >= 11 is 0. The van der Waals surface area contributed by atoms with E-state index in [2.05, 4.69) is 20.8 Å². The summed E-state index contributed by atoms with van der Waals surface area (Å²) in [7, 11) is 0. The number of nitrogens with zero attached hydrogens (tertiary/aromatic N) is 1. The zero-order valence-corrected chi connectivity index (χ0v) is 16.1. The predicted octanol–water partition coefficient (Wildman–Crippen LogP) is 2.81. The van der Waals surface area contributed by atoms with Gasteiger partial charge in [0.2, 0.25) is 0 Å². The molecular formula is C21H27NO5. The van der Waals surface area contributed by atoms with E-state index in [-0.39, 0.29) is 30.7 Å². The Kier molecular flexibility index (Phi) is 4.67. The third kappa shape index (κ3) is 3.27. The van der Waals surface area contributed by atoms with Gasteiger partial charge in [-0.05, 0) is 30.4 Å². The van der Waals surface area contributed by atoms with Gasteiger partial charge in [0, 0.05) is 25.1 Å². The summed E-state index contributed by atoms with van der Waals surface area (Å²) in [5, 5.41) is 18.9. The van der Waals surface area contributed by atoms with Crippen molar-refractivity contribution in [2.75, 3.05) is 19.6 Å². The van der Waals surface area contributed by atoms with Gasteiger partial charge < -0.3 is 15.1 Å². The van der Waals surface area contributed by atoms with Gasteiger partial charge in [-0.2, -0.15) is 0 Å². The first-order chi connectivity index (χ1) is 12.5. The molecule has 1 aliphatic carbocycles. The average Bonchev–Trinajstić information content (AvgIpc) is 3.13.